The molecule has 0 atom stereocenters. The maximum Gasteiger partial charge on any atom is 0.416 e. The minimum atomic E-state index is -4.68. The van der Waals surface area contributed by atoms with E-state index in [-0.39, 0.29) is 31.2 Å². The predicted octanol–water partition coefficient (Wildman–Crippen LogP) is 2.20. The predicted molar refractivity (Wildman–Crippen MR) is 85.9 cm³/mol. The Kier molecular flexibility index (Phi) is 4.30. The molecule has 1 aliphatic rings. The number of nitrogens with zero attached hydrogens (tertiary/aromatic N) is 5. The lowest BCUT2D eigenvalue weighted by atomic mass is 10.1. The minimum Gasteiger partial charge on any atom is -0.355 e. The second kappa shape index (κ2) is 6.32. The molecule has 0 aliphatic carbocycles. The molecule has 1 aromatic heterocycles. The second-order valence-corrected chi connectivity index (χ2v) is 5.80. The van der Waals surface area contributed by atoms with Gasteiger partial charge in [-0.15, -0.1) is 0 Å². The van der Waals surface area contributed by atoms with E-state index in [4.69, 9.17) is 0 Å². The average Bonchev–Trinajstić information content (AvgIpc) is 2.99. The SMILES string of the molecule is Cn1cc(N2CCN(c3ccc(C(F)(F)F)cc3[N+](=O)[O-])CC2=O)cn1. The minimum absolute atomic E-state index is 0.0119. The van der Waals surface area contributed by atoms with E-state index < -0.39 is 22.4 Å². The van der Waals surface area contributed by atoms with Crippen LogP contribution in [0.15, 0.2) is 30.6 Å². The number of halogens is 3. The number of piperazine rings is 1. The number of nitro benzene ring substituents is 1. The fourth-order valence-corrected chi connectivity index (χ4v) is 2.81. The number of hydrogen-bond donors (Lipinski definition) is 0. The topological polar surface area (TPSA) is 84.5 Å². The van der Waals surface area contributed by atoms with Gasteiger partial charge in [0.1, 0.15) is 5.69 Å². The highest BCUT2D eigenvalue weighted by molar-refractivity contribution is 5.97. The maximum atomic E-state index is 12.8. The first-order valence-corrected chi connectivity index (χ1v) is 7.56. The van der Waals surface area contributed by atoms with Gasteiger partial charge in [-0.05, 0) is 12.1 Å². The molecule has 3 rings (SSSR count). The third-order valence-electron chi connectivity index (χ3n) is 4.06. The van der Waals surface area contributed by atoms with Crippen LogP contribution in [0.3, 0.4) is 0 Å². The molecule has 1 saturated heterocycles. The van der Waals surface area contributed by atoms with E-state index in [0.717, 1.165) is 12.1 Å². The molecular weight excluding hydrogens is 355 g/mol. The summed E-state index contributed by atoms with van der Waals surface area (Å²) in [5.41, 5.74) is -1.20. The Morgan fingerprint density at radius 1 is 1.27 bits per heavy atom. The zero-order valence-electron chi connectivity index (χ0n) is 13.6. The van der Waals surface area contributed by atoms with Gasteiger partial charge in [0.05, 0.1) is 28.9 Å². The summed E-state index contributed by atoms with van der Waals surface area (Å²) in [7, 11) is 1.70. The fraction of sp³-hybridized carbons (Fsp3) is 0.333. The molecule has 0 saturated carbocycles. The van der Waals surface area contributed by atoms with Gasteiger partial charge in [0.15, 0.2) is 0 Å². The van der Waals surface area contributed by atoms with Crippen molar-refractivity contribution in [2.24, 2.45) is 7.05 Å². The molecule has 1 fully saturated rings. The van der Waals surface area contributed by atoms with Gasteiger partial charge < -0.3 is 9.80 Å². The van der Waals surface area contributed by atoms with Crippen LogP contribution in [0.1, 0.15) is 5.56 Å². The van der Waals surface area contributed by atoms with Crippen molar-refractivity contribution in [3.05, 3.63) is 46.3 Å². The summed E-state index contributed by atoms with van der Waals surface area (Å²) >= 11 is 0. The molecule has 0 N–H and O–H groups in total. The quantitative estimate of drug-likeness (QED) is 0.612. The highest BCUT2D eigenvalue weighted by atomic mass is 19.4. The summed E-state index contributed by atoms with van der Waals surface area (Å²) in [4.78, 5) is 25.6. The molecule has 2 heterocycles. The van der Waals surface area contributed by atoms with Gasteiger partial charge in [-0.25, -0.2) is 0 Å². The molecule has 11 heteroatoms. The number of nitro groups is 1. The van der Waals surface area contributed by atoms with Crippen molar-refractivity contribution in [1.82, 2.24) is 9.78 Å². The number of benzene rings is 1. The summed E-state index contributed by atoms with van der Waals surface area (Å²) in [6, 6.07) is 2.31. The Hall–Kier alpha value is -3.11. The van der Waals surface area contributed by atoms with Crippen molar-refractivity contribution in [3.63, 3.8) is 0 Å². The molecule has 1 aliphatic heterocycles. The Morgan fingerprint density at radius 2 is 2.00 bits per heavy atom. The van der Waals surface area contributed by atoms with E-state index in [1.165, 1.54) is 20.7 Å². The summed E-state index contributed by atoms with van der Waals surface area (Å²) in [5, 5.41) is 15.2. The third-order valence-corrected chi connectivity index (χ3v) is 4.06. The van der Waals surface area contributed by atoms with Gasteiger partial charge in [-0.1, -0.05) is 0 Å². The van der Waals surface area contributed by atoms with Crippen molar-refractivity contribution in [2.45, 2.75) is 6.18 Å². The number of aryl methyl sites for hydroxylation is 1. The van der Waals surface area contributed by atoms with Gasteiger partial charge in [0.2, 0.25) is 5.91 Å². The number of anilines is 2. The van der Waals surface area contributed by atoms with Crippen LogP contribution >= 0.6 is 0 Å². The first-order chi connectivity index (χ1) is 12.2. The molecule has 0 unspecified atom stereocenters. The van der Waals surface area contributed by atoms with Crippen LogP contribution < -0.4 is 9.80 Å². The summed E-state index contributed by atoms with van der Waals surface area (Å²) in [6.45, 7) is 0.302. The number of amides is 1. The van der Waals surface area contributed by atoms with Crippen molar-refractivity contribution in [1.29, 1.82) is 0 Å². The zero-order valence-corrected chi connectivity index (χ0v) is 13.6. The first kappa shape index (κ1) is 17.7. The molecular formula is C15H14F3N5O3. The smallest absolute Gasteiger partial charge is 0.355 e. The summed E-state index contributed by atoms with van der Waals surface area (Å²) < 4.78 is 39.9. The van der Waals surface area contributed by atoms with Gasteiger partial charge in [-0.2, -0.15) is 18.3 Å². The number of aromatic nitrogens is 2. The van der Waals surface area contributed by atoms with Gasteiger partial charge in [0, 0.05) is 32.4 Å². The van der Waals surface area contributed by atoms with E-state index in [1.54, 1.807) is 13.2 Å². The largest absolute Gasteiger partial charge is 0.416 e. The van der Waals surface area contributed by atoms with Crippen molar-refractivity contribution >= 4 is 23.0 Å². The van der Waals surface area contributed by atoms with Crippen LogP contribution in [-0.4, -0.2) is 40.2 Å². The van der Waals surface area contributed by atoms with Gasteiger partial charge in [0.25, 0.3) is 5.69 Å². The molecule has 8 nitrogen and oxygen atoms in total. The highest BCUT2D eigenvalue weighted by Gasteiger charge is 2.35. The molecule has 2 aromatic rings. The standard InChI is InChI=1S/C15H14F3N5O3/c1-20-8-11(7-19-20)22-5-4-21(9-14(22)24)12-3-2-10(15(16,17)18)6-13(12)23(25)26/h2-3,6-8H,4-5,9H2,1H3. The van der Waals surface area contributed by atoms with Crippen molar-refractivity contribution in [2.75, 3.05) is 29.4 Å². The second-order valence-electron chi connectivity index (χ2n) is 5.80. The van der Waals surface area contributed by atoms with Crippen LogP contribution in [-0.2, 0) is 18.0 Å². The number of carbonyl (C=O) groups is 1. The van der Waals surface area contributed by atoms with E-state index in [1.807, 2.05) is 0 Å². The molecule has 0 bridgehead atoms. The Bertz CT molecular complexity index is 864. The van der Waals surface area contributed by atoms with E-state index >= 15 is 0 Å². The maximum absolute atomic E-state index is 12.8. The highest BCUT2D eigenvalue weighted by Crippen LogP contribution is 2.37. The molecule has 0 radical (unpaired) electrons. The Labute approximate surface area is 145 Å². The van der Waals surface area contributed by atoms with Crippen molar-refractivity contribution in [3.8, 4) is 0 Å². The van der Waals surface area contributed by atoms with Crippen LogP contribution in [0.25, 0.3) is 0 Å². The fourth-order valence-electron chi connectivity index (χ4n) is 2.81. The van der Waals surface area contributed by atoms with E-state index in [0.29, 0.717) is 11.8 Å². The summed E-state index contributed by atoms with van der Waals surface area (Å²) in [5.74, 6) is -0.321. The lowest BCUT2D eigenvalue weighted by Gasteiger charge is -2.34. The number of rotatable bonds is 3. The third kappa shape index (κ3) is 3.32. The monoisotopic (exact) mass is 369 g/mol. The number of hydrogen-bond acceptors (Lipinski definition) is 5. The van der Waals surface area contributed by atoms with Crippen LogP contribution in [0.4, 0.5) is 30.2 Å². The Balaban J connectivity index is 1.86. The van der Waals surface area contributed by atoms with Gasteiger partial charge >= 0.3 is 6.18 Å². The molecule has 1 aromatic carbocycles. The number of alkyl halides is 3. The molecule has 138 valence electrons. The van der Waals surface area contributed by atoms with Crippen LogP contribution in [0, 0.1) is 10.1 Å². The normalized spacial score (nSPS) is 15.5. The zero-order chi connectivity index (χ0) is 19.1. The van der Waals surface area contributed by atoms with E-state index in [2.05, 4.69) is 5.10 Å². The molecule has 0 spiro atoms. The van der Waals surface area contributed by atoms with E-state index in [9.17, 15) is 28.1 Å². The van der Waals surface area contributed by atoms with Crippen LogP contribution in [0.2, 0.25) is 0 Å². The lowest BCUT2D eigenvalue weighted by Crippen LogP contribution is -2.50. The first-order valence-electron chi connectivity index (χ1n) is 7.56. The van der Waals surface area contributed by atoms with Crippen LogP contribution in [0.5, 0.6) is 0 Å². The average molecular weight is 369 g/mol. The summed E-state index contributed by atoms with van der Waals surface area (Å²) in [6.07, 6.45) is -1.50. The molecule has 1 amide bonds. The Morgan fingerprint density at radius 3 is 2.54 bits per heavy atom. The molecule has 26 heavy (non-hydrogen) atoms. The van der Waals surface area contributed by atoms with Gasteiger partial charge in [-0.3, -0.25) is 19.6 Å². The lowest BCUT2D eigenvalue weighted by molar-refractivity contribution is -0.384. The number of carbonyl (C=O) groups excluding carboxylic acids is 1. The van der Waals surface area contributed by atoms with Crippen molar-refractivity contribution < 1.29 is 22.9 Å².